The van der Waals surface area contributed by atoms with Gasteiger partial charge in [0.05, 0.1) is 18.4 Å². The second-order valence-corrected chi connectivity index (χ2v) is 4.58. The van der Waals surface area contributed by atoms with Gasteiger partial charge in [-0.2, -0.15) is 5.10 Å². The Bertz CT molecular complexity index is 561. The van der Waals surface area contributed by atoms with Gasteiger partial charge in [0, 0.05) is 18.9 Å². The number of unbranched alkanes of at least 4 members (excludes halogenated alkanes) is 1. The first kappa shape index (κ1) is 14.1. The molecular formula is C15H19N3O2. The summed E-state index contributed by atoms with van der Waals surface area (Å²) in [7, 11) is 1.78. The lowest BCUT2D eigenvalue weighted by atomic mass is 10.2. The lowest BCUT2D eigenvalue weighted by Crippen LogP contribution is -2.11. The van der Waals surface area contributed by atoms with E-state index in [9.17, 15) is 4.79 Å². The lowest BCUT2D eigenvalue weighted by molar-refractivity contribution is 0.102. The maximum absolute atomic E-state index is 11.9. The first-order chi connectivity index (χ1) is 9.69. The summed E-state index contributed by atoms with van der Waals surface area (Å²) in [5, 5.41) is 6.79. The molecule has 0 saturated carbocycles. The van der Waals surface area contributed by atoms with E-state index in [1.165, 1.54) is 6.20 Å². The average Bonchev–Trinajstić information content (AvgIpc) is 2.88. The first-order valence-electron chi connectivity index (χ1n) is 6.72. The van der Waals surface area contributed by atoms with Crippen LogP contribution in [0.15, 0.2) is 36.7 Å². The summed E-state index contributed by atoms with van der Waals surface area (Å²) in [6.45, 7) is 2.85. The lowest BCUT2D eigenvalue weighted by Gasteiger charge is -2.07. The highest BCUT2D eigenvalue weighted by molar-refractivity contribution is 6.03. The maximum atomic E-state index is 11.9. The van der Waals surface area contributed by atoms with Gasteiger partial charge in [0.15, 0.2) is 0 Å². The molecule has 0 fully saturated rings. The minimum atomic E-state index is -0.169. The molecular weight excluding hydrogens is 254 g/mol. The van der Waals surface area contributed by atoms with Crippen LogP contribution in [0.5, 0.6) is 5.75 Å². The van der Waals surface area contributed by atoms with Crippen LogP contribution in [0.1, 0.15) is 30.1 Å². The second kappa shape index (κ2) is 6.75. The fraction of sp³-hybridized carbons (Fsp3) is 0.333. The van der Waals surface area contributed by atoms with Crippen molar-refractivity contribution in [1.29, 1.82) is 0 Å². The van der Waals surface area contributed by atoms with E-state index in [4.69, 9.17) is 4.74 Å². The van der Waals surface area contributed by atoms with Crippen LogP contribution in [-0.4, -0.2) is 22.3 Å². The Balaban J connectivity index is 1.91. The molecule has 1 amide bonds. The van der Waals surface area contributed by atoms with Gasteiger partial charge in [0.1, 0.15) is 5.75 Å². The van der Waals surface area contributed by atoms with Gasteiger partial charge in [-0.25, -0.2) is 0 Å². The van der Waals surface area contributed by atoms with Gasteiger partial charge in [-0.3, -0.25) is 9.48 Å². The van der Waals surface area contributed by atoms with E-state index in [0.717, 1.165) is 30.9 Å². The van der Waals surface area contributed by atoms with Gasteiger partial charge in [-0.15, -0.1) is 0 Å². The number of aryl methyl sites for hydroxylation is 1. The molecule has 106 valence electrons. The van der Waals surface area contributed by atoms with Gasteiger partial charge < -0.3 is 10.1 Å². The van der Waals surface area contributed by atoms with Crippen molar-refractivity contribution in [2.75, 3.05) is 11.9 Å². The summed E-state index contributed by atoms with van der Waals surface area (Å²) in [6.07, 6.45) is 5.37. The molecule has 0 saturated heterocycles. The van der Waals surface area contributed by atoms with Gasteiger partial charge in [-0.1, -0.05) is 13.3 Å². The molecule has 0 atom stereocenters. The van der Waals surface area contributed by atoms with E-state index in [2.05, 4.69) is 17.3 Å². The molecule has 20 heavy (non-hydrogen) atoms. The molecule has 2 aromatic rings. The number of nitrogens with zero attached hydrogens (tertiary/aromatic N) is 2. The van der Waals surface area contributed by atoms with Gasteiger partial charge in [-0.05, 0) is 30.7 Å². The van der Waals surface area contributed by atoms with E-state index >= 15 is 0 Å². The number of amides is 1. The van der Waals surface area contributed by atoms with E-state index in [0.29, 0.717) is 5.56 Å². The normalized spacial score (nSPS) is 10.3. The van der Waals surface area contributed by atoms with Crippen LogP contribution in [0.25, 0.3) is 0 Å². The zero-order valence-electron chi connectivity index (χ0n) is 11.8. The largest absolute Gasteiger partial charge is 0.494 e. The molecule has 0 aliphatic rings. The van der Waals surface area contributed by atoms with E-state index in [1.807, 2.05) is 24.3 Å². The molecule has 0 bridgehead atoms. The number of nitrogens with one attached hydrogen (secondary N) is 1. The Labute approximate surface area is 118 Å². The van der Waals surface area contributed by atoms with E-state index in [-0.39, 0.29) is 5.91 Å². The number of anilines is 1. The molecule has 0 aliphatic carbocycles. The Morgan fingerprint density at radius 2 is 2.10 bits per heavy atom. The number of hydrogen-bond acceptors (Lipinski definition) is 3. The number of aromatic nitrogens is 2. The Morgan fingerprint density at radius 1 is 1.35 bits per heavy atom. The van der Waals surface area contributed by atoms with Crippen molar-refractivity contribution in [3.8, 4) is 5.75 Å². The van der Waals surface area contributed by atoms with Crippen molar-refractivity contribution in [3.63, 3.8) is 0 Å². The van der Waals surface area contributed by atoms with Crippen LogP contribution in [0.4, 0.5) is 5.69 Å². The van der Waals surface area contributed by atoms with E-state index in [1.54, 1.807) is 17.9 Å². The third-order valence-electron chi connectivity index (χ3n) is 2.85. The monoisotopic (exact) mass is 273 g/mol. The second-order valence-electron chi connectivity index (χ2n) is 4.58. The quantitative estimate of drug-likeness (QED) is 0.823. The number of rotatable bonds is 6. The smallest absolute Gasteiger partial charge is 0.258 e. The van der Waals surface area contributed by atoms with E-state index < -0.39 is 0 Å². The summed E-state index contributed by atoms with van der Waals surface area (Å²) in [4.78, 5) is 11.9. The van der Waals surface area contributed by atoms with Crippen molar-refractivity contribution < 1.29 is 9.53 Å². The van der Waals surface area contributed by atoms with Crippen LogP contribution >= 0.6 is 0 Å². The SMILES string of the molecule is CCCCOc1ccc(NC(=O)c2cnn(C)c2)cc1. The Morgan fingerprint density at radius 3 is 2.70 bits per heavy atom. The summed E-state index contributed by atoms with van der Waals surface area (Å²) in [5.41, 5.74) is 1.28. The molecule has 1 N–H and O–H groups in total. The highest BCUT2D eigenvalue weighted by atomic mass is 16.5. The third-order valence-corrected chi connectivity index (χ3v) is 2.85. The maximum Gasteiger partial charge on any atom is 0.258 e. The predicted molar refractivity (Wildman–Crippen MR) is 78.0 cm³/mol. The van der Waals surface area contributed by atoms with Crippen LogP contribution in [-0.2, 0) is 7.05 Å². The van der Waals surface area contributed by atoms with Gasteiger partial charge in [0.2, 0.25) is 0 Å². The fourth-order valence-corrected chi connectivity index (χ4v) is 1.71. The molecule has 1 heterocycles. The Kier molecular flexibility index (Phi) is 4.76. The first-order valence-corrected chi connectivity index (χ1v) is 6.72. The zero-order chi connectivity index (χ0) is 14.4. The number of hydrogen-bond donors (Lipinski definition) is 1. The highest BCUT2D eigenvalue weighted by Crippen LogP contribution is 2.16. The number of carbonyl (C=O) groups is 1. The molecule has 2 rings (SSSR count). The molecule has 0 spiro atoms. The van der Waals surface area contributed by atoms with Gasteiger partial charge >= 0.3 is 0 Å². The summed E-state index contributed by atoms with van der Waals surface area (Å²) >= 11 is 0. The Hall–Kier alpha value is -2.30. The molecule has 0 unspecified atom stereocenters. The number of benzene rings is 1. The van der Waals surface area contributed by atoms with Crippen molar-refractivity contribution >= 4 is 11.6 Å². The van der Waals surface area contributed by atoms with Crippen LogP contribution in [0.2, 0.25) is 0 Å². The number of carbonyl (C=O) groups excluding carboxylic acids is 1. The number of ether oxygens (including phenoxy) is 1. The van der Waals surface area contributed by atoms with Crippen molar-refractivity contribution in [2.24, 2.45) is 7.05 Å². The van der Waals surface area contributed by atoms with Crippen LogP contribution in [0.3, 0.4) is 0 Å². The average molecular weight is 273 g/mol. The third kappa shape index (κ3) is 3.85. The van der Waals surface area contributed by atoms with Crippen LogP contribution < -0.4 is 10.1 Å². The molecule has 5 nitrogen and oxygen atoms in total. The minimum Gasteiger partial charge on any atom is -0.494 e. The topological polar surface area (TPSA) is 56.1 Å². The molecule has 1 aromatic heterocycles. The molecule has 0 radical (unpaired) electrons. The van der Waals surface area contributed by atoms with Crippen molar-refractivity contribution in [2.45, 2.75) is 19.8 Å². The van der Waals surface area contributed by atoms with Crippen molar-refractivity contribution in [1.82, 2.24) is 9.78 Å². The highest BCUT2D eigenvalue weighted by Gasteiger charge is 2.07. The minimum absolute atomic E-state index is 0.169. The molecule has 1 aromatic carbocycles. The summed E-state index contributed by atoms with van der Waals surface area (Å²) in [5.74, 6) is 0.649. The fourth-order valence-electron chi connectivity index (χ4n) is 1.71. The zero-order valence-corrected chi connectivity index (χ0v) is 11.8. The van der Waals surface area contributed by atoms with Crippen molar-refractivity contribution in [3.05, 3.63) is 42.2 Å². The van der Waals surface area contributed by atoms with Crippen LogP contribution in [0, 0.1) is 0 Å². The standard InChI is InChI=1S/C15H19N3O2/c1-3-4-9-20-14-7-5-13(6-8-14)17-15(19)12-10-16-18(2)11-12/h5-8,10-11H,3-4,9H2,1-2H3,(H,17,19). The molecule has 0 aliphatic heterocycles. The summed E-state index contributed by atoms with van der Waals surface area (Å²) < 4.78 is 7.17. The summed E-state index contributed by atoms with van der Waals surface area (Å²) in [6, 6.07) is 7.37. The predicted octanol–water partition coefficient (Wildman–Crippen LogP) is 2.85. The van der Waals surface area contributed by atoms with Gasteiger partial charge in [0.25, 0.3) is 5.91 Å². The molecule has 5 heteroatoms.